The van der Waals surface area contributed by atoms with Crippen LogP contribution in [0, 0.1) is 0 Å². The number of rotatable bonds is 7. The second-order valence-corrected chi connectivity index (χ2v) is 7.66. The van der Waals surface area contributed by atoms with Gasteiger partial charge >= 0.3 is 0 Å². The maximum Gasteiger partial charge on any atom is 0.251 e. The summed E-state index contributed by atoms with van der Waals surface area (Å²) in [7, 11) is -3.58. The quantitative estimate of drug-likeness (QED) is 0.596. The molecule has 2 aromatic carbocycles. The fourth-order valence-corrected chi connectivity index (χ4v) is 3.92. The van der Waals surface area contributed by atoms with Crippen LogP contribution in [0.15, 0.2) is 59.6 Å². The average molecular weight is 371 g/mol. The molecule has 0 aliphatic heterocycles. The fraction of sp³-hybridized carbons (Fsp3) is 0.211. The number of carbonyl (C=O) groups is 1. The lowest BCUT2D eigenvalue weighted by Gasteiger charge is -2.08. The van der Waals surface area contributed by atoms with Gasteiger partial charge in [-0.3, -0.25) is 4.79 Å². The van der Waals surface area contributed by atoms with E-state index in [4.69, 9.17) is 0 Å². The predicted molar refractivity (Wildman–Crippen MR) is 102 cm³/mol. The average Bonchev–Trinajstić information content (AvgIpc) is 3.05. The van der Waals surface area contributed by atoms with E-state index in [2.05, 4.69) is 15.0 Å². The molecule has 1 heterocycles. The summed E-state index contributed by atoms with van der Waals surface area (Å²) in [6.07, 6.45) is 2.63. The number of hydrogen-bond acceptors (Lipinski definition) is 3. The number of benzene rings is 2. The first kappa shape index (κ1) is 18.2. The molecule has 3 N–H and O–H groups in total. The summed E-state index contributed by atoms with van der Waals surface area (Å²) < 4.78 is 26.5. The molecule has 1 aromatic heterocycles. The molecule has 0 saturated heterocycles. The van der Waals surface area contributed by atoms with Crippen LogP contribution in [0.25, 0.3) is 10.9 Å². The van der Waals surface area contributed by atoms with E-state index in [1.807, 2.05) is 30.5 Å². The fourth-order valence-electron chi connectivity index (χ4n) is 2.83. The summed E-state index contributed by atoms with van der Waals surface area (Å²) in [5.41, 5.74) is 2.52. The van der Waals surface area contributed by atoms with Crippen molar-refractivity contribution in [1.82, 2.24) is 15.0 Å². The van der Waals surface area contributed by atoms with Gasteiger partial charge in [0.1, 0.15) is 0 Å². The highest BCUT2D eigenvalue weighted by atomic mass is 32.2. The molecule has 0 bridgehead atoms. The summed E-state index contributed by atoms with van der Waals surface area (Å²) in [6.45, 7) is 2.47. The lowest BCUT2D eigenvalue weighted by Crippen LogP contribution is -2.27. The van der Waals surface area contributed by atoms with E-state index in [9.17, 15) is 13.2 Å². The monoisotopic (exact) mass is 371 g/mol. The number of para-hydroxylation sites is 1. The summed E-state index contributed by atoms with van der Waals surface area (Å²) in [5.74, 6) is -0.293. The van der Waals surface area contributed by atoms with Gasteiger partial charge in [-0.2, -0.15) is 0 Å². The Balaban J connectivity index is 1.65. The summed E-state index contributed by atoms with van der Waals surface area (Å²) >= 11 is 0. The Morgan fingerprint density at radius 3 is 2.73 bits per heavy atom. The molecule has 3 rings (SSSR count). The number of H-pyrrole nitrogens is 1. The highest BCUT2D eigenvalue weighted by Crippen LogP contribution is 2.17. The van der Waals surface area contributed by atoms with Crippen molar-refractivity contribution in [2.24, 2.45) is 0 Å². The van der Waals surface area contributed by atoms with Gasteiger partial charge in [0.25, 0.3) is 5.91 Å². The number of nitrogens with one attached hydrogen (secondary N) is 3. The predicted octanol–water partition coefficient (Wildman–Crippen LogP) is 2.44. The minimum Gasteiger partial charge on any atom is -0.361 e. The van der Waals surface area contributed by atoms with E-state index in [1.54, 1.807) is 19.1 Å². The van der Waals surface area contributed by atoms with Gasteiger partial charge in [0.15, 0.2) is 0 Å². The molecule has 3 aromatic rings. The van der Waals surface area contributed by atoms with Crippen molar-refractivity contribution in [2.45, 2.75) is 18.2 Å². The van der Waals surface area contributed by atoms with E-state index in [1.165, 1.54) is 12.1 Å². The lowest BCUT2D eigenvalue weighted by molar-refractivity contribution is 0.0954. The minimum atomic E-state index is -3.58. The second kappa shape index (κ2) is 7.72. The number of fused-ring (bicyclic) bond motifs is 1. The number of aromatic nitrogens is 1. The SMILES string of the molecule is CCNS(=O)(=O)c1cccc(C(=O)NCCc2c[nH]c3ccccc23)c1. The van der Waals surface area contributed by atoms with Crippen LogP contribution in [0.4, 0.5) is 0 Å². The lowest BCUT2D eigenvalue weighted by atomic mass is 10.1. The van der Waals surface area contributed by atoms with Gasteiger partial charge in [-0.1, -0.05) is 31.2 Å². The Hall–Kier alpha value is -2.64. The zero-order valence-corrected chi connectivity index (χ0v) is 15.3. The Kier molecular flexibility index (Phi) is 5.39. The van der Waals surface area contributed by atoms with Gasteiger partial charge in [0, 0.05) is 35.8 Å². The van der Waals surface area contributed by atoms with E-state index in [0.717, 1.165) is 16.5 Å². The molecule has 0 spiro atoms. The van der Waals surface area contributed by atoms with Crippen LogP contribution in [0.3, 0.4) is 0 Å². The molecule has 0 atom stereocenters. The Labute approximate surface area is 152 Å². The summed E-state index contributed by atoms with van der Waals surface area (Å²) in [6, 6.07) is 14.0. The molecule has 0 unspecified atom stereocenters. The largest absolute Gasteiger partial charge is 0.361 e. The maximum atomic E-state index is 12.3. The molecular formula is C19H21N3O3S. The first-order valence-electron chi connectivity index (χ1n) is 8.44. The third-order valence-corrected chi connectivity index (χ3v) is 5.64. The molecule has 0 saturated carbocycles. The van der Waals surface area contributed by atoms with E-state index < -0.39 is 10.0 Å². The molecular weight excluding hydrogens is 350 g/mol. The molecule has 0 aliphatic rings. The normalized spacial score (nSPS) is 11.6. The van der Waals surface area contributed by atoms with Crippen LogP contribution in [-0.2, 0) is 16.4 Å². The number of amides is 1. The molecule has 7 heteroatoms. The van der Waals surface area contributed by atoms with E-state index in [-0.39, 0.29) is 10.8 Å². The molecule has 0 radical (unpaired) electrons. The van der Waals surface area contributed by atoms with Crippen molar-refractivity contribution in [2.75, 3.05) is 13.1 Å². The van der Waals surface area contributed by atoms with E-state index >= 15 is 0 Å². The van der Waals surface area contributed by atoms with Crippen molar-refractivity contribution >= 4 is 26.8 Å². The number of carbonyl (C=O) groups excluding carboxylic acids is 1. The smallest absolute Gasteiger partial charge is 0.251 e. The first-order valence-corrected chi connectivity index (χ1v) is 9.92. The Morgan fingerprint density at radius 2 is 1.92 bits per heavy atom. The van der Waals surface area contributed by atoms with Crippen LogP contribution >= 0.6 is 0 Å². The van der Waals surface area contributed by atoms with Crippen LogP contribution in [-0.4, -0.2) is 32.4 Å². The highest BCUT2D eigenvalue weighted by Gasteiger charge is 2.15. The van der Waals surface area contributed by atoms with Crippen molar-refractivity contribution in [3.05, 3.63) is 65.9 Å². The number of aromatic amines is 1. The van der Waals surface area contributed by atoms with Crippen LogP contribution in [0.1, 0.15) is 22.8 Å². The molecule has 6 nitrogen and oxygen atoms in total. The van der Waals surface area contributed by atoms with Crippen molar-refractivity contribution in [3.63, 3.8) is 0 Å². The topological polar surface area (TPSA) is 91.1 Å². The zero-order valence-electron chi connectivity index (χ0n) is 14.5. The standard InChI is InChI=1S/C19H21N3O3S/c1-2-22-26(24,25)16-7-5-6-14(12-16)19(23)20-11-10-15-13-21-18-9-4-3-8-17(15)18/h3-9,12-13,21-22H,2,10-11H2,1H3,(H,20,23). The minimum absolute atomic E-state index is 0.0867. The first-order chi connectivity index (χ1) is 12.5. The van der Waals surface area contributed by atoms with Gasteiger partial charge < -0.3 is 10.3 Å². The Morgan fingerprint density at radius 1 is 1.12 bits per heavy atom. The highest BCUT2D eigenvalue weighted by molar-refractivity contribution is 7.89. The van der Waals surface area contributed by atoms with Gasteiger partial charge in [0.2, 0.25) is 10.0 Å². The third kappa shape index (κ3) is 3.95. The summed E-state index contributed by atoms with van der Waals surface area (Å²) in [4.78, 5) is 15.6. The third-order valence-electron chi connectivity index (χ3n) is 4.10. The maximum absolute atomic E-state index is 12.3. The van der Waals surface area contributed by atoms with Crippen LogP contribution in [0.5, 0.6) is 0 Å². The van der Waals surface area contributed by atoms with Crippen molar-refractivity contribution < 1.29 is 13.2 Å². The van der Waals surface area contributed by atoms with Gasteiger partial charge in [0.05, 0.1) is 4.90 Å². The van der Waals surface area contributed by atoms with Crippen LogP contribution in [0.2, 0.25) is 0 Å². The van der Waals surface area contributed by atoms with Gasteiger partial charge in [-0.05, 0) is 36.2 Å². The van der Waals surface area contributed by atoms with Crippen molar-refractivity contribution in [1.29, 1.82) is 0 Å². The van der Waals surface area contributed by atoms with Crippen molar-refractivity contribution in [3.8, 4) is 0 Å². The molecule has 1 amide bonds. The van der Waals surface area contributed by atoms with Crippen LogP contribution < -0.4 is 10.0 Å². The molecule has 136 valence electrons. The number of hydrogen-bond donors (Lipinski definition) is 3. The molecule has 0 fully saturated rings. The molecule has 26 heavy (non-hydrogen) atoms. The zero-order chi connectivity index (χ0) is 18.6. The van der Waals surface area contributed by atoms with E-state index in [0.29, 0.717) is 25.1 Å². The summed E-state index contributed by atoms with van der Waals surface area (Å²) in [5, 5.41) is 3.98. The Bertz CT molecular complexity index is 1030. The van der Waals surface area contributed by atoms with Gasteiger partial charge in [-0.25, -0.2) is 13.1 Å². The van der Waals surface area contributed by atoms with Gasteiger partial charge in [-0.15, -0.1) is 0 Å². The molecule has 0 aliphatic carbocycles. The number of sulfonamides is 1. The second-order valence-electron chi connectivity index (χ2n) is 5.89.